The maximum atomic E-state index is 12.0. The van der Waals surface area contributed by atoms with Crippen molar-refractivity contribution in [3.05, 3.63) is 42.5 Å². The van der Waals surface area contributed by atoms with E-state index in [1.165, 1.54) is 25.0 Å². The Labute approximate surface area is 123 Å². The Kier molecular flexibility index (Phi) is 6.13. The molecule has 1 aromatic carbocycles. The fourth-order valence-corrected chi connectivity index (χ4v) is 1.70. The summed E-state index contributed by atoms with van der Waals surface area (Å²) in [6.07, 6.45) is 1.54. The van der Waals surface area contributed by atoms with Gasteiger partial charge in [-0.2, -0.15) is 0 Å². The predicted octanol–water partition coefficient (Wildman–Crippen LogP) is 1.45. The molecule has 0 aliphatic rings. The van der Waals surface area contributed by atoms with Crippen LogP contribution in [0.3, 0.4) is 0 Å². The summed E-state index contributed by atoms with van der Waals surface area (Å²) >= 11 is 0. The van der Waals surface area contributed by atoms with Crippen molar-refractivity contribution in [2.45, 2.75) is 6.92 Å². The number of hydrogen-bond acceptors (Lipinski definition) is 4. The number of nitrogens with one attached hydrogen (secondary N) is 1. The monoisotopic (exact) mass is 290 g/mol. The van der Waals surface area contributed by atoms with Gasteiger partial charge in [-0.15, -0.1) is 6.58 Å². The van der Waals surface area contributed by atoms with Gasteiger partial charge in [0.05, 0.1) is 18.4 Å². The summed E-state index contributed by atoms with van der Waals surface area (Å²) in [6.45, 7) is 5.07. The molecule has 2 amide bonds. The van der Waals surface area contributed by atoms with E-state index in [1.54, 1.807) is 24.3 Å². The lowest BCUT2D eigenvalue weighted by molar-refractivity contribution is -0.132. The molecule has 0 saturated carbocycles. The minimum Gasteiger partial charge on any atom is -0.465 e. The van der Waals surface area contributed by atoms with Crippen molar-refractivity contribution in [3.8, 4) is 0 Å². The molecule has 0 aromatic heterocycles. The van der Waals surface area contributed by atoms with Crippen LogP contribution < -0.4 is 5.32 Å². The van der Waals surface area contributed by atoms with Gasteiger partial charge in [-0.3, -0.25) is 9.59 Å². The van der Waals surface area contributed by atoms with Crippen LogP contribution in [0.2, 0.25) is 0 Å². The molecule has 1 rings (SSSR count). The van der Waals surface area contributed by atoms with Crippen molar-refractivity contribution in [3.63, 3.8) is 0 Å². The zero-order chi connectivity index (χ0) is 15.8. The molecule has 21 heavy (non-hydrogen) atoms. The highest BCUT2D eigenvalue weighted by Crippen LogP contribution is 2.15. The van der Waals surface area contributed by atoms with E-state index in [4.69, 9.17) is 0 Å². The van der Waals surface area contributed by atoms with Crippen LogP contribution in [0.25, 0.3) is 0 Å². The largest absolute Gasteiger partial charge is 0.465 e. The lowest BCUT2D eigenvalue weighted by atomic mass is 10.2. The van der Waals surface area contributed by atoms with Crippen molar-refractivity contribution in [2.24, 2.45) is 0 Å². The first-order valence-corrected chi connectivity index (χ1v) is 6.33. The summed E-state index contributed by atoms with van der Waals surface area (Å²) in [6, 6.07) is 6.50. The average molecular weight is 290 g/mol. The van der Waals surface area contributed by atoms with Gasteiger partial charge in [0.1, 0.15) is 6.54 Å². The molecule has 0 radical (unpaired) electrons. The highest BCUT2D eigenvalue weighted by Gasteiger charge is 2.16. The van der Waals surface area contributed by atoms with Crippen LogP contribution in [0.4, 0.5) is 5.69 Å². The predicted molar refractivity (Wildman–Crippen MR) is 78.9 cm³/mol. The number of para-hydroxylation sites is 1. The number of ether oxygens (including phenoxy) is 1. The fourth-order valence-electron chi connectivity index (χ4n) is 1.70. The van der Waals surface area contributed by atoms with Crippen molar-refractivity contribution < 1.29 is 19.1 Å². The quantitative estimate of drug-likeness (QED) is 0.635. The summed E-state index contributed by atoms with van der Waals surface area (Å²) in [5, 5.41) is 2.60. The molecule has 6 heteroatoms. The topological polar surface area (TPSA) is 75.7 Å². The molecule has 112 valence electrons. The third kappa shape index (κ3) is 4.76. The molecule has 0 fully saturated rings. The second-order valence-corrected chi connectivity index (χ2v) is 4.27. The summed E-state index contributed by atoms with van der Waals surface area (Å²) in [4.78, 5) is 36.3. The highest BCUT2D eigenvalue weighted by atomic mass is 16.5. The van der Waals surface area contributed by atoms with Crippen LogP contribution in [0.1, 0.15) is 17.3 Å². The summed E-state index contributed by atoms with van der Waals surface area (Å²) in [5.74, 6) is -1.17. The van der Waals surface area contributed by atoms with E-state index >= 15 is 0 Å². The van der Waals surface area contributed by atoms with Crippen LogP contribution in [0.5, 0.6) is 0 Å². The molecule has 1 N–H and O–H groups in total. The van der Waals surface area contributed by atoms with Crippen molar-refractivity contribution in [1.82, 2.24) is 4.90 Å². The number of nitrogens with zero attached hydrogens (tertiary/aromatic N) is 1. The first kappa shape index (κ1) is 16.4. The number of amides is 2. The van der Waals surface area contributed by atoms with Crippen molar-refractivity contribution in [1.29, 1.82) is 0 Å². The molecule has 0 unspecified atom stereocenters. The van der Waals surface area contributed by atoms with Crippen LogP contribution in [0.15, 0.2) is 36.9 Å². The van der Waals surface area contributed by atoms with Crippen molar-refractivity contribution >= 4 is 23.5 Å². The van der Waals surface area contributed by atoms with Crippen LogP contribution in [-0.2, 0) is 14.3 Å². The minimum absolute atomic E-state index is 0.114. The van der Waals surface area contributed by atoms with Crippen molar-refractivity contribution in [2.75, 3.05) is 25.5 Å². The Morgan fingerprint density at radius 3 is 2.57 bits per heavy atom. The lowest BCUT2D eigenvalue weighted by Gasteiger charge is -2.19. The zero-order valence-electron chi connectivity index (χ0n) is 12.1. The maximum absolute atomic E-state index is 12.0. The third-order valence-corrected chi connectivity index (χ3v) is 2.74. The van der Waals surface area contributed by atoms with Gasteiger partial charge in [0.25, 0.3) is 0 Å². The van der Waals surface area contributed by atoms with E-state index in [1.807, 2.05) is 0 Å². The molecule has 0 spiro atoms. The molecule has 0 aliphatic carbocycles. The summed E-state index contributed by atoms with van der Waals surface area (Å²) < 4.78 is 4.65. The van der Waals surface area contributed by atoms with E-state index < -0.39 is 11.9 Å². The first-order chi connectivity index (χ1) is 9.99. The van der Waals surface area contributed by atoms with Gasteiger partial charge in [0.15, 0.2) is 0 Å². The molecule has 6 nitrogen and oxygen atoms in total. The van der Waals surface area contributed by atoms with E-state index in [-0.39, 0.29) is 24.6 Å². The fraction of sp³-hybridized carbons (Fsp3) is 0.267. The number of carbonyl (C=O) groups excluding carboxylic acids is 3. The third-order valence-electron chi connectivity index (χ3n) is 2.74. The molecule has 0 atom stereocenters. The van der Waals surface area contributed by atoms with Gasteiger partial charge >= 0.3 is 5.97 Å². The number of benzene rings is 1. The summed E-state index contributed by atoms with van der Waals surface area (Å²) in [5.41, 5.74) is 0.600. The lowest BCUT2D eigenvalue weighted by Crippen LogP contribution is -2.36. The second-order valence-electron chi connectivity index (χ2n) is 4.27. The van der Waals surface area contributed by atoms with Gasteiger partial charge in [0, 0.05) is 13.5 Å². The Balaban J connectivity index is 2.81. The van der Waals surface area contributed by atoms with Crippen LogP contribution in [-0.4, -0.2) is 42.9 Å². The van der Waals surface area contributed by atoms with Gasteiger partial charge in [-0.05, 0) is 12.1 Å². The second kappa shape index (κ2) is 7.84. The number of rotatable bonds is 6. The molecule has 0 bridgehead atoms. The Bertz CT molecular complexity index is 554. The number of anilines is 1. The molecular formula is C15H18N2O4. The minimum atomic E-state index is -0.541. The molecular weight excluding hydrogens is 272 g/mol. The van der Waals surface area contributed by atoms with Gasteiger partial charge in [0.2, 0.25) is 11.8 Å². The number of carbonyl (C=O) groups is 3. The number of esters is 1. The first-order valence-electron chi connectivity index (χ1n) is 6.33. The smallest absolute Gasteiger partial charge is 0.339 e. The van der Waals surface area contributed by atoms with Crippen LogP contribution in [0, 0.1) is 0 Å². The molecule has 1 aromatic rings. The Hall–Kier alpha value is -2.63. The Morgan fingerprint density at radius 1 is 1.33 bits per heavy atom. The standard InChI is InChI=1S/C15H18N2O4/c1-4-9-17(11(2)18)10-14(19)16-13-8-6-5-7-12(13)15(20)21-3/h4-8H,1,9-10H2,2-3H3,(H,16,19). The van der Waals surface area contributed by atoms with E-state index in [0.717, 1.165) is 0 Å². The zero-order valence-corrected chi connectivity index (χ0v) is 12.1. The van der Waals surface area contributed by atoms with E-state index in [9.17, 15) is 14.4 Å². The van der Waals surface area contributed by atoms with Gasteiger partial charge in [-0.25, -0.2) is 4.79 Å². The molecule has 0 aliphatic heterocycles. The Morgan fingerprint density at radius 2 is 2.00 bits per heavy atom. The summed E-state index contributed by atoms with van der Waals surface area (Å²) in [7, 11) is 1.27. The van der Waals surface area contributed by atoms with Gasteiger partial charge in [-0.1, -0.05) is 18.2 Å². The van der Waals surface area contributed by atoms with Gasteiger partial charge < -0.3 is 15.0 Å². The number of methoxy groups -OCH3 is 1. The number of hydrogen-bond donors (Lipinski definition) is 1. The SMILES string of the molecule is C=CCN(CC(=O)Nc1ccccc1C(=O)OC)C(C)=O. The molecule has 0 saturated heterocycles. The van der Waals surface area contributed by atoms with E-state index in [2.05, 4.69) is 16.6 Å². The van der Waals surface area contributed by atoms with E-state index in [0.29, 0.717) is 5.69 Å². The van der Waals surface area contributed by atoms with Crippen LogP contribution >= 0.6 is 0 Å². The average Bonchev–Trinajstić information content (AvgIpc) is 2.46. The normalized spacial score (nSPS) is 9.62. The highest BCUT2D eigenvalue weighted by molar-refractivity contribution is 6.02. The maximum Gasteiger partial charge on any atom is 0.339 e. The molecule has 0 heterocycles.